The molecule has 2 heterocycles. The van der Waals surface area contributed by atoms with E-state index in [2.05, 4.69) is 29.0 Å². The molecular formula is C19H18N2O2. The second kappa shape index (κ2) is 7.01. The van der Waals surface area contributed by atoms with Gasteiger partial charge in [-0.25, -0.2) is 9.79 Å². The molecule has 1 aromatic heterocycles. The lowest BCUT2D eigenvalue weighted by molar-refractivity contribution is -0.129. The highest BCUT2D eigenvalue weighted by molar-refractivity contribution is 6.12. The summed E-state index contributed by atoms with van der Waals surface area (Å²) in [5, 5.41) is 0. The Morgan fingerprint density at radius 1 is 1.17 bits per heavy atom. The molecule has 0 saturated heterocycles. The molecule has 1 aliphatic heterocycles. The van der Waals surface area contributed by atoms with Crippen molar-refractivity contribution in [2.24, 2.45) is 4.99 Å². The van der Waals surface area contributed by atoms with Gasteiger partial charge in [-0.3, -0.25) is 4.98 Å². The molecule has 3 rings (SSSR count). The molecule has 0 N–H and O–H groups in total. The summed E-state index contributed by atoms with van der Waals surface area (Å²) in [7, 11) is 0. The smallest absolute Gasteiger partial charge is 0.363 e. The molecule has 0 spiro atoms. The topological polar surface area (TPSA) is 51.5 Å². The van der Waals surface area contributed by atoms with Crippen molar-refractivity contribution < 1.29 is 9.53 Å². The number of esters is 1. The maximum atomic E-state index is 11.9. The summed E-state index contributed by atoms with van der Waals surface area (Å²) in [6.07, 6.45) is 8.45. The van der Waals surface area contributed by atoms with Gasteiger partial charge >= 0.3 is 5.97 Å². The first-order valence-electron chi connectivity index (χ1n) is 7.78. The molecular weight excluding hydrogens is 288 g/mol. The minimum Gasteiger partial charge on any atom is -0.402 e. The molecule has 2 aromatic rings. The first-order chi connectivity index (χ1) is 11.3. The number of ether oxygens (including phenoxy) is 1. The largest absolute Gasteiger partial charge is 0.402 e. The Bertz CT molecular complexity index is 747. The predicted molar refractivity (Wildman–Crippen MR) is 89.9 cm³/mol. The van der Waals surface area contributed by atoms with Gasteiger partial charge in [-0.2, -0.15) is 0 Å². The number of aryl methyl sites for hydroxylation is 1. The van der Waals surface area contributed by atoms with Gasteiger partial charge in [0.2, 0.25) is 5.90 Å². The lowest BCUT2D eigenvalue weighted by Crippen LogP contribution is -2.05. The number of cyclic esters (lactones) is 1. The van der Waals surface area contributed by atoms with Crippen LogP contribution in [0.15, 0.2) is 59.5 Å². The van der Waals surface area contributed by atoms with E-state index in [-0.39, 0.29) is 0 Å². The second-order valence-electron chi connectivity index (χ2n) is 5.42. The number of unbranched alkanes of at least 4 members (excludes halogenated alkanes) is 1. The van der Waals surface area contributed by atoms with E-state index >= 15 is 0 Å². The lowest BCUT2D eigenvalue weighted by Gasteiger charge is -2.02. The van der Waals surface area contributed by atoms with Crippen LogP contribution in [0, 0.1) is 0 Å². The van der Waals surface area contributed by atoms with Gasteiger partial charge in [-0.15, -0.1) is 0 Å². The molecule has 0 radical (unpaired) electrons. The molecule has 0 bridgehead atoms. The van der Waals surface area contributed by atoms with Gasteiger partial charge in [0.15, 0.2) is 5.70 Å². The number of carbonyl (C=O) groups is 1. The number of pyridine rings is 1. The summed E-state index contributed by atoms with van der Waals surface area (Å²) in [6.45, 7) is 2.18. The molecule has 1 aromatic carbocycles. The Labute approximate surface area is 135 Å². The third-order valence-electron chi connectivity index (χ3n) is 3.63. The normalized spacial score (nSPS) is 15.6. The zero-order chi connectivity index (χ0) is 16.1. The van der Waals surface area contributed by atoms with Crippen molar-refractivity contribution >= 4 is 17.9 Å². The van der Waals surface area contributed by atoms with Crippen molar-refractivity contribution in [1.82, 2.24) is 4.98 Å². The van der Waals surface area contributed by atoms with Crippen LogP contribution < -0.4 is 0 Å². The third kappa shape index (κ3) is 3.72. The van der Waals surface area contributed by atoms with E-state index in [0.29, 0.717) is 11.6 Å². The maximum Gasteiger partial charge on any atom is 0.363 e. The fourth-order valence-electron chi connectivity index (χ4n) is 2.35. The molecule has 1 aliphatic rings. The standard InChI is InChI=1S/C19H18N2O2/c1-2-3-5-14-7-9-16(10-8-14)18-21-17(19(22)23-18)12-15-6-4-11-20-13-15/h4,6-13H,2-3,5H2,1H3. The Kier molecular flexibility index (Phi) is 4.62. The molecule has 0 fully saturated rings. The third-order valence-corrected chi connectivity index (χ3v) is 3.63. The summed E-state index contributed by atoms with van der Waals surface area (Å²) >= 11 is 0. The quantitative estimate of drug-likeness (QED) is 0.624. The second-order valence-corrected chi connectivity index (χ2v) is 5.42. The monoisotopic (exact) mass is 306 g/mol. The molecule has 0 saturated carbocycles. The van der Waals surface area contributed by atoms with Gasteiger partial charge in [0.05, 0.1) is 0 Å². The highest BCUT2D eigenvalue weighted by Crippen LogP contribution is 2.19. The number of hydrogen-bond donors (Lipinski definition) is 0. The zero-order valence-electron chi connectivity index (χ0n) is 13.0. The number of hydrogen-bond acceptors (Lipinski definition) is 4. The first kappa shape index (κ1) is 15.2. The molecule has 0 aliphatic carbocycles. The average Bonchev–Trinajstić information content (AvgIpc) is 2.95. The minimum atomic E-state index is -0.432. The Morgan fingerprint density at radius 2 is 2.00 bits per heavy atom. The molecule has 116 valence electrons. The van der Waals surface area contributed by atoms with Crippen molar-refractivity contribution in [2.75, 3.05) is 0 Å². The molecule has 0 amide bonds. The van der Waals surface area contributed by atoms with E-state index in [1.165, 1.54) is 18.4 Å². The summed E-state index contributed by atoms with van der Waals surface area (Å²) in [4.78, 5) is 20.3. The van der Waals surface area contributed by atoms with Crippen molar-refractivity contribution in [3.8, 4) is 0 Å². The van der Waals surface area contributed by atoms with Crippen molar-refractivity contribution in [3.05, 3.63) is 71.2 Å². The predicted octanol–water partition coefficient (Wildman–Crippen LogP) is 3.77. The van der Waals surface area contributed by atoms with Crippen LogP contribution >= 0.6 is 0 Å². The van der Waals surface area contributed by atoms with Crippen molar-refractivity contribution in [3.63, 3.8) is 0 Å². The van der Waals surface area contributed by atoms with Crippen LogP contribution in [-0.2, 0) is 16.0 Å². The molecule has 4 nitrogen and oxygen atoms in total. The number of benzene rings is 1. The summed E-state index contributed by atoms with van der Waals surface area (Å²) < 4.78 is 5.28. The van der Waals surface area contributed by atoms with E-state index < -0.39 is 5.97 Å². The number of rotatable bonds is 5. The van der Waals surface area contributed by atoms with Crippen LogP contribution in [0.2, 0.25) is 0 Å². The van der Waals surface area contributed by atoms with Gasteiger partial charge in [0, 0.05) is 18.0 Å². The van der Waals surface area contributed by atoms with E-state index in [9.17, 15) is 4.79 Å². The van der Waals surface area contributed by atoms with Gasteiger partial charge in [0.25, 0.3) is 0 Å². The fraction of sp³-hybridized carbons (Fsp3) is 0.211. The van der Waals surface area contributed by atoms with Crippen LogP contribution in [0.25, 0.3) is 6.08 Å². The first-order valence-corrected chi connectivity index (χ1v) is 7.78. The molecule has 0 unspecified atom stereocenters. The highest BCUT2D eigenvalue weighted by Gasteiger charge is 2.24. The van der Waals surface area contributed by atoms with Crippen LogP contribution in [-0.4, -0.2) is 16.9 Å². The average molecular weight is 306 g/mol. The SMILES string of the molecule is CCCCc1ccc(C2=NC(=Cc3cccnc3)C(=O)O2)cc1. The Hall–Kier alpha value is -2.75. The fourth-order valence-corrected chi connectivity index (χ4v) is 2.35. The van der Waals surface area contributed by atoms with Crippen LogP contribution in [0.5, 0.6) is 0 Å². The number of carbonyl (C=O) groups excluding carboxylic acids is 1. The van der Waals surface area contributed by atoms with Gasteiger partial charge in [0.1, 0.15) is 0 Å². The van der Waals surface area contributed by atoms with E-state index in [1.54, 1.807) is 18.5 Å². The van der Waals surface area contributed by atoms with E-state index in [1.807, 2.05) is 24.3 Å². The summed E-state index contributed by atoms with van der Waals surface area (Å²) in [6, 6.07) is 11.7. The number of nitrogens with zero attached hydrogens (tertiary/aromatic N) is 2. The van der Waals surface area contributed by atoms with Gasteiger partial charge in [-0.05, 0) is 48.2 Å². The van der Waals surface area contributed by atoms with Crippen LogP contribution in [0.3, 0.4) is 0 Å². The van der Waals surface area contributed by atoms with Gasteiger partial charge in [-0.1, -0.05) is 31.5 Å². The zero-order valence-corrected chi connectivity index (χ0v) is 13.0. The van der Waals surface area contributed by atoms with Crippen molar-refractivity contribution in [2.45, 2.75) is 26.2 Å². The van der Waals surface area contributed by atoms with Crippen LogP contribution in [0.1, 0.15) is 36.5 Å². The molecule has 4 heteroatoms. The van der Waals surface area contributed by atoms with E-state index in [0.717, 1.165) is 17.5 Å². The van der Waals surface area contributed by atoms with E-state index in [4.69, 9.17) is 4.74 Å². The number of aromatic nitrogens is 1. The molecule has 0 atom stereocenters. The summed E-state index contributed by atoms with van der Waals surface area (Å²) in [5.74, 6) is -0.0777. The Balaban J connectivity index is 1.80. The summed E-state index contributed by atoms with van der Waals surface area (Å²) in [5.41, 5.74) is 3.21. The van der Waals surface area contributed by atoms with Gasteiger partial charge < -0.3 is 4.74 Å². The Morgan fingerprint density at radius 3 is 2.70 bits per heavy atom. The molecule has 23 heavy (non-hydrogen) atoms. The minimum absolute atomic E-state index is 0.294. The van der Waals surface area contributed by atoms with Crippen LogP contribution in [0.4, 0.5) is 0 Å². The lowest BCUT2D eigenvalue weighted by atomic mass is 10.1. The van der Waals surface area contributed by atoms with Crippen molar-refractivity contribution in [1.29, 1.82) is 0 Å². The maximum absolute atomic E-state index is 11.9. The number of aliphatic imine (C=N–C) groups is 1. The highest BCUT2D eigenvalue weighted by atomic mass is 16.6.